The van der Waals surface area contributed by atoms with E-state index in [1.807, 2.05) is 43.3 Å². The van der Waals surface area contributed by atoms with Gasteiger partial charge in [0.05, 0.1) is 18.4 Å². The van der Waals surface area contributed by atoms with Gasteiger partial charge in [-0.25, -0.2) is 9.59 Å². The summed E-state index contributed by atoms with van der Waals surface area (Å²) in [5.74, 6) is -0.472. The molecule has 1 aromatic carbocycles. The number of hydrogen-bond donors (Lipinski definition) is 0. The van der Waals surface area contributed by atoms with Crippen LogP contribution in [0, 0.1) is 0 Å². The number of aromatic nitrogens is 1. The molecule has 0 saturated heterocycles. The van der Waals surface area contributed by atoms with E-state index in [0.29, 0.717) is 11.3 Å². The zero-order valence-electron chi connectivity index (χ0n) is 13.7. The Balaban J connectivity index is 2.69. The van der Waals surface area contributed by atoms with Crippen molar-refractivity contribution in [2.24, 2.45) is 0 Å². The van der Waals surface area contributed by atoms with Gasteiger partial charge in [-0.3, -0.25) is 4.57 Å². The average molecular weight is 312 g/mol. The molecule has 1 aromatic heterocycles. The van der Waals surface area contributed by atoms with Gasteiger partial charge in [0.2, 0.25) is 0 Å². The Bertz CT molecular complexity index is 743. The number of amides is 1. The summed E-state index contributed by atoms with van der Waals surface area (Å²) in [6.45, 7) is 1.88. The fourth-order valence-corrected chi connectivity index (χ4v) is 2.41. The number of carbonyl (C=O) groups excluding carboxylic acids is 2. The highest BCUT2D eigenvalue weighted by molar-refractivity contribution is 5.99. The van der Waals surface area contributed by atoms with Crippen molar-refractivity contribution in [3.8, 4) is 0 Å². The van der Waals surface area contributed by atoms with E-state index in [9.17, 15) is 9.59 Å². The predicted molar refractivity (Wildman–Crippen MR) is 89.4 cm³/mol. The smallest absolute Gasteiger partial charge is 0.340 e. The molecular formula is C18H20N2O3. The van der Waals surface area contributed by atoms with Crippen LogP contribution in [0.3, 0.4) is 0 Å². The van der Waals surface area contributed by atoms with Crippen LogP contribution in [0.2, 0.25) is 0 Å². The summed E-state index contributed by atoms with van der Waals surface area (Å²) in [4.78, 5) is 26.0. The number of nitrogens with zero attached hydrogens (tertiary/aromatic N) is 2. The summed E-state index contributed by atoms with van der Waals surface area (Å²) in [6, 6.07) is 11.0. The third kappa shape index (κ3) is 3.18. The van der Waals surface area contributed by atoms with Gasteiger partial charge in [-0.2, -0.15) is 0 Å². The lowest BCUT2D eigenvalue weighted by atomic mass is 9.99. The van der Waals surface area contributed by atoms with Gasteiger partial charge >= 0.3 is 12.0 Å². The fraction of sp³-hybridized carbons (Fsp3) is 0.222. The SMILES string of the molecule is C/C=C(\c1ccccc1)c1c(C(=O)OC)ccn1C(=O)N(C)C. The van der Waals surface area contributed by atoms with Crippen LogP contribution in [0.15, 0.2) is 48.7 Å². The average Bonchev–Trinajstić information content (AvgIpc) is 2.99. The molecule has 5 heteroatoms. The van der Waals surface area contributed by atoms with Crippen LogP contribution in [0.1, 0.15) is 28.5 Å². The number of methoxy groups -OCH3 is 1. The summed E-state index contributed by atoms with van der Waals surface area (Å²) in [7, 11) is 4.67. The predicted octanol–water partition coefficient (Wildman–Crippen LogP) is 3.26. The molecule has 5 nitrogen and oxygen atoms in total. The second-order valence-corrected chi connectivity index (χ2v) is 5.18. The van der Waals surface area contributed by atoms with E-state index >= 15 is 0 Å². The van der Waals surface area contributed by atoms with Crippen molar-refractivity contribution in [2.75, 3.05) is 21.2 Å². The molecule has 0 atom stereocenters. The molecule has 0 aliphatic carbocycles. The summed E-state index contributed by atoms with van der Waals surface area (Å²) >= 11 is 0. The van der Waals surface area contributed by atoms with Crippen LogP contribution in [0.4, 0.5) is 4.79 Å². The summed E-state index contributed by atoms with van der Waals surface area (Å²) in [5.41, 5.74) is 2.61. The van der Waals surface area contributed by atoms with E-state index in [1.165, 1.54) is 16.6 Å². The van der Waals surface area contributed by atoms with Crippen LogP contribution in [0.25, 0.3) is 5.57 Å². The lowest BCUT2D eigenvalue weighted by Gasteiger charge is -2.17. The molecule has 0 aliphatic rings. The number of ether oxygens (including phenoxy) is 1. The maximum Gasteiger partial charge on any atom is 0.340 e. The molecule has 1 amide bonds. The zero-order valence-corrected chi connectivity index (χ0v) is 13.7. The van der Waals surface area contributed by atoms with E-state index in [0.717, 1.165) is 11.1 Å². The Labute approximate surface area is 135 Å². The maximum absolute atomic E-state index is 12.5. The van der Waals surface area contributed by atoms with Gasteiger partial charge in [0.15, 0.2) is 0 Å². The van der Waals surface area contributed by atoms with Crippen LogP contribution in [-0.4, -0.2) is 42.7 Å². The Morgan fingerprint density at radius 1 is 1.13 bits per heavy atom. The van der Waals surface area contributed by atoms with Gasteiger partial charge in [0.1, 0.15) is 0 Å². The van der Waals surface area contributed by atoms with Crippen molar-refractivity contribution in [1.29, 1.82) is 0 Å². The quantitative estimate of drug-likeness (QED) is 0.817. The van der Waals surface area contributed by atoms with Crippen molar-refractivity contribution in [3.05, 3.63) is 65.5 Å². The fourth-order valence-electron chi connectivity index (χ4n) is 2.41. The van der Waals surface area contributed by atoms with E-state index in [4.69, 9.17) is 4.74 Å². The molecular weight excluding hydrogens is 292 g/mol. The van der Waals surface area contributed by atoms with Crippen LogP contribution in [0.5, 0.6) is 0 Å². The number of allylic oxidation sites excluding steroid dienone is 1. The second-order valence-electron chi connectivity index (χ2n) is 5.18. The first-order chi connectivity index (χ1) is 11.0. The van der Waals surface area contributed by atoms with Crippen LogP contribution < -0.4 is 0 Å². The topological polar surface area (TPSA) is 51.5 Å². The summed E-state index contributed by atoms with van der Waals surface area (Å²) in [6.07, 6.45) is 3.48. The summed E-state index contributed by atoms with van der Waals surface area (Å²) < 4.78 is 6.32. The molecule has 0 fully saturated rings. The van der Waals surface area contributed by atoms with E-state index in [2.05, 4.69) is 0 Å². The first-order valence-corrected chi connectivity index (χ1v) is 7.24. The number of benzene rings is 1. The number of rotatable bonds is 3. The number of hydrogen-bond acceptors (Lipinski definition) is 3. The lowest BCUT2D eigenvalue weighted by Crippen LogP contribution is -2.28. The highest BCUT2D eigenvalue weighted by Crippen LogP contribution is 2.28. The Morgan fingerprint density at radius 3 is 2.30 bits per heavy atom. The molecule has 2 rings (SSSR count). The van der Waals surface area contributed by atoms with Gasteiger partial charge in [0.25, 0.3) is 0 Å². The minimum atomic E-state index is -0.472. The molecule has 0 unspecified atom stereocenters. The molecule has 0 saturated carbocycles. The lowest BCUT2D eigenvalue weighted by molar-refractivity contribution is 0.0600. The normalized spacial score (nSPS) is 11.2. The largest absolute Gasteiger partial charge is 0.465 e. The molecule has 2 aromatic rings. The van der Waals surface area contributed by atoms with Crippen molar-refractivity contribution in [1.82, 2.24) is 9.47 Å². The van der Waals surface area contributed by atoms with Crippen LogP contribution >= 0.6 is 0 Å². The Morgan fingerprint density at radius 2 is 1.78 bits per heavy atom. The molecule has 120 valence electrons. The first-order valence-electron chi connectivity index (χ1n) is 7.24. The monoisotopic (exact) mass is 312 g/mol. The van der Waals surface area contributed by atoms with Crippen molar-refractivity contribution < 1.29 is 14.3 Å². The van der Waals surface area contributed by atoms with E-state index in [-0.39, 0.29) is 6.03 Å². The molecule has 1 heterocycles. The molecule has 0 radical (unpaired) electrons. The van der Waals surface area contributed by atoms with Gasteiger partial charge < -0.3 is 9.64 Å². The van der Waals surface area contributed by atoms with Gasteiger partial charge in [-0.15, -0.1) is 0 Å². The molecule has 0 bridgehead atoms. The van der Waals surface area contributed by atoms with Crippen molar-refractivity contribution in [2.45, 2.75) is 6.92 Å². The summed E-state index contributed by atoms with van der Waals surface area (Å²) in [5, 5.41) is 0. The molecule has 23 heavy (non-hydrogen) atoms. The highest BCUT2D eigenvalue weighted by Gasteiger charge is 2.24. The van der Waals surface area contributed by atoms with Gasteiger partial charge in [-0.05, 0) is 18.6 Å². The first kappa shape index (κ1) is 16.5. The second kappa shape index (κ2) is 6.96. The van der Waals surface area contributed by atoms with E-state index in [1.54, 1.807) is 26.4 Å². The standard InChI is InChI=1S/C18H20N2O3/c1-5-14(13-9-7-6-8-10-13)16-15(17(21)23-4)11-12-20(16)18(22)19(2)3/h5-12H,1-4H3/b14-5+. The Kier molecular flexibility index (Phi) is 5.01. The highest BCUT2D eigenvalue weighted by atomic mass is 16.5. The molecule has 0 aliphatic heterocycles. The van der Waals surface area contributed by atoms with Gasteiger partial charge in [0, 0.05) is 25.9 Å². The number of carbonyl (C=O) groups is 2. The molecule has 0 spiro atoms. The Hall–Kier alpha value is -2.82. The van der Waals surface area contributed by atoms with Gasteiger partial charge in [-0.1, -0.05) is 36.4 Å². The minimum absolute atomic E-state index is 0.231. The molecule has 0 N–H and O–H groups in total. The zero-order chi connectivity index (χ0) is 17.0. The maximum atomic E-state index is 12.5. The third-order valence-corrected chi connectivity index (χ3v) is 3.51. The van der Waals surface area contributed by atoms with Crippen molar-refractivity contribution in [3.63, 3.8) is 0 Å². The third-order valence-electron chi connectivity index (χ3n) is 3.51. The van der Waals surface area contributed by atoms with E-state index < -0.39 is 5.97 Å². The van der Waals surface area contributed by atoms with Crippen LogP contribution in [-0.2, 0) is 4.74 Å². The number of esters is 1. The minimum Gasteiger partial charge on any atom is -0.465 e. The van der Waals surface area contributed by atoms with Crippen molar-refractivity contribution >= 4 is 17.6 Å².